The summed E-state index contributed by atoms with van der Waals surface area (Å²) in [4.78, 5) is 11.7. The molecule has 0 aliphatic carbocycles. The van der Waals surface area contributed by atoms with Crippen molar-refractivity contribution in [1.82, 2.24) is 10.6 Å². The molecule has 2 N–H and O–H groups in total. The van der Waals surface area contributed by atoms with E-state index in [1.807, 2.05) is 6.07 Å². The molecule has 0 aromatic heterocycles. The Kier molecular flexibility index (Phi) is 4.09. The lowest BCUT2D eigenvalue weighted by Crippen LogP contribution is -2.41. The summed E-state index contributed by atoms with van der Waals surface area (Å²) in [6.07, 6.45) is 2.63. The molecule has 0 spiro atoms. The van der Waals surface area contributed by atoms with E-state index in [9.17, 15) is 9.18 Å². The largest absolute Gasteiger partial charge is 0.354 e. The summed E-state index contributed by atoms with van der Waals surface area (Å²) < 4.78 is 12.9. The minimum atomic E-state index is -0.230. The highest BCUT2D eigenvalue weighted by molar-refractivity contribution is 5.81. The van der Waals surface area contributed by atoms with Gasteiger partial charge in [0.2, 0.25) is 5.91 Å². The van der Waals surface area contributed by atoms with E-state index in [1.54, 1.807) is 6.07 Å². The summed E-state index contributed by atoms with van der Waals surface area (Å²) in [5, 5.41) is 6.01. The van der Waals surface area contributed by atoms with Gasteiger partial charge in [0.05, 0.1) is 6.04 Å². The fraction of sp³-hybridized carbons (Fsp3) is 0.462. The smallest absolute Gasteiger partial charge is 0.237 e. The van der Waals surface area contributed by atoms with Gasteiger partial charge in [-0.25, -0.2) is 4.39 Å². The van der Waals surface area contributed by atoms with Gasteiger partial charge >= 0.3 is 0 Å². The molecular weight excluding hydrogens is 219 g/mol. The molecule has 1 amide bonds. The second-order valence-corrected chi connectivity index (χ2v) is 4.32. The highest BCUT2D eigenvalue weighted by Crippen LogP contribution is 2.05. The first-order valence-electron chi connectivity index (χ1n) is 6.01. The Labute approximate surface area is 100 Å². The van der Waals surface area contributed by atoms with Gasteiger partial charge < -0.3 is 10.6 Å². The Morgan fingerprint density at radius 1 is 1.53 bits per heavy atom. The molecule has 1 aromatic carbocycles. The van der Waals surface area contributed by atoms with E-state index < -0.39 is 0 Å². The van der Waals surface area contributed by atoms with Crippen molar-refractivity contribution in [3.8, 4) is 0 Å². The molecule has 92 valence electrons. The third-order valence-corrected chi connectivity index (χ3v) is 2.98. The molecule has 1 atom stereocenters. The average molecular weight is 236 g/mol. The zero-order valence-corrected chi connectivity index (χ0v) is 9.71. The minimum absolute atomic E-state index is 0.0393. The van der Waals surface area contributed by atoms with Crippen molar-refractivity contribution >= 4 is 5.91 Å². The number of halogens is 1. The molecule has 0 unspecified atom stereocenters. The van der Waals surface area contributed by atoms with Crippen LogP contribution in [0, 0.1) is 5.82 Å². The van der Waals surface area contributed by atoms with E-state index in [2.05, 4.69) is 10.6 Å². The van der Waals surface area contributed by atoms with Crippen LogP contribution in [0.4, 0.5) is 4.39 Å². The minimum Gasteiger partial charge on any atom is -0.354 e. The number of amides is 1. The maximum absolute atomic E-state index is 12.9. The molecule has 4 heteroatoms. The molecule has 0 saturated carbocycles. The molecule has 1 aromatic rings. The Bertz CT molecular complexity index is 389. The van der Waals surface area contributed by atoms with Crippen LogP contribution >= 0.6 is 0 Å². The van der Waals surface area contributed by atoms with E-state index in [4.69, 9.17) is 0 Å². The molecular formula is C13H17FN2O. The number of rotatable bonds is 4. The van der Waals surface area contributed by atoms with Crippen molar-refractivity contribution in [2.45, 2.75) is 25.3 Å². The van der Waals surface area contributed by atoms with Gasteiger partial charge in [-0.15, -0.1) is 0 Å². The first kappa shape index (κ1) is 12.0. The predicted octanol–water partition coefficient (Wildman–Crippen LogP) is 1.24. The van der Waals surface area contributed by atoms with Crippen LogP contribution in [0.3, 0.4) is 0 Å². The van der Waals surface area contributed by atoms with Crippen molar-refractivity contribution < 1.29 is 9.18 Å². The molecule has 1 saturated heterocycles. The second kappa shape index (κ2) is 5.77. The molecule has 3 nitrogen and oxygen atoms in total. The Morgan fingerprint density at radius 3 is 3.12 bits per heavy atom. The third kappa shape index (κ3) is 3.53. The van der Waals surface area contributed by atoms with Gasteiger partial charge in [0.25, 0.3) is 0 Å². The predicted molar refractivity (Wildman–Crippen MR) is 64.1 cm³/mol. The quantitative estimate of drug-likeness (QED) is 0.825. The first-order valence-corrected chi connectivity index (χ1v) is 6.01. The normalized spacial score (nSPS) is 19.2. The van der Waals surface area contributed by atoms with Crippen molar-refractivity contribution in [2.24, 2.45) is 0 Å². The lowest BCUT2D eigenvalue weighted by atomic mass is 10.1. The number of carbonyl (C=O) groups is 1. The Balaban J connectivity index is 1.73. The lowest BCUT2D eigenvalue weighted by molar-refractivity contribution is -0.122. The van der Waals surface area contributed by atoms with Gasteiger partial charge in [-0.2, -0.15) is 0 Å². The van der Waals surface area contributed by atoms with Crippen LogP contribution < -0.4 is 10.6 Å². The second-order valence-electron chi connectivity index (χ2n) is 4.32. The van der Waals surface area contributed by atoms with E-state index in [0.717, 1.165) is 24.9 Å². The van der Waals surface area contributed by atoms with Crippen LogP contribution in [0.1, 0.15) is 18.4 Å². The monoisotopic (exact) mass is 236 g/mol. The van der Waals surface area contributed by atoms with Gasteiger partial charge in [-0.05, 0) is 43.5 Å². The molecule has 1 aliphatic heterocycles. The van der Waals surface area contributed by atoms with E-state index in [-0.39, 0.29) is 17.8 Å². The maximum Gasteiger partial charge on any atom is 0.237 e. The van der Waals surface area contributed by atoms with Crippen molar-refractivity contribution in [1.29, 1.82) is 0 Å². The molecule has 0 radical (unpaired) electrons. The number of hydrogen-bond acceptors (Lipinski definition) is 2. The van der Waals surface area contributed by atoms with Crippen molar-refractivity contribution in [2.75, 3.05) is 13.1 Å². The molecule has 1 fully saturated rings. The van der Waals surface area contributed by atoms with Gasteiger partial charge in [-0.1, -0.05) is 12.1 Å². The van der Waals surface area contributed by atoms with Gasteiger partial charge in [0.15, 0.2) is 0 Å². The van der Waals surface area contributed by atoms with Gasteiger partial charge in [0, 0.05) is 6.54 Å². The number of carbonyl (C=O) groups excluding carboxylic acids is 1. The SMILES string of the molecule is O=C(NCCc1cccc(F)c1)[C@H]1CCCN1. The summed E-state index contributed by atoms with van der Waals surface area (Å²) >= 11 is 0. The topological polar surface area (TPSA) is 41.1 Å². The van der Waals surface area contributed by atoms with Crippen LogP contribution in [0.2, 0.25) is 0 Å². The van der Waals surface area contributed by atoms with Gasteiger partial charge in [-0.3, -0.25) is 4.79 Å². The summed E-state index contributed by atoms with van der Waals surface area (Å²) in [5.74, 6) is -0.176. The summed E-state index contributed by atoms with van der Waals surface area (Å²) in [5.41, 5.74) is 0.907. The molecule has 1 heterocycles. The Morgan fingerprint density at radius 2 is 2.41 bits per heavy atom. The molecule has 2 rings (SSSR count). The number of nitrogens with one attached hydrogen (secondary N) is 2. The fourth-order valence-electron chi connectivity index (χ4n) is 2.05. The standard InChI is InChI=1S/C13H17FN2O/c14-11-4-1-3-10(9-11)6-8-16-13(17)12-5-2-7-15-12/h1,3-4,9,12,15H,2,5-8H2,(H,16,17)/t12-/m1/s1. The molecule has 0 bridgehead atoms. The molecule has 1 aliphatic rings. The lowest BCUT2D eigenvalue weighted by Gasteiger charge is -2.10. The number of hydrogen-bond donors (Lipinski definition) is 2. The highest BCUT2D eigenvalue weighted by atomic mass is 19.1. The molecule has 17 heavy (non-hydrogen) atoms. The third-order valence-electron chi connectivity index (χ3n) is 2.98. The number of benzene rings is 1. The fourth-order valence-corrected chi connectivity index (χ4v) is 2.05. The van der Waals surface area contributed by atoms with Crippen LogP contribution in [0.25, 0.3) is 0 Å². The van der Waals surface area contributed by atoms with E-state index in [1.165, 1.54) is 12.1 Å². The summed E-state index contributed by atoms with van der Waals surface area (Å²) in [7, 11) is 0. The average Bonchev–Trinajstić information content (AvgIpc) is 2.82. The summed E-state index contributed by atoms with van der Waals surface area (Å²) in [6.45, 7) is 1.47. The van der Waals surface area contributed by atoms with Crippen LogP contribution in [-0.4, -0.2) is 25.0 Å². The zero-order chi connectivity index (χ0) is 12.1. The summed E-state index contributed by atoms with van der Waals surface area (Å²) in [6, 6.07) is 6.43. The van der Waals surface area contributed by atoms with Crippen LogP contribution in [0.15, 0.2) is 24.3 Å². The highest BCUT2D eigenvalue weighted by Gasteiger charge is 2.21. The van der Waals surface area contributed by atoms with Crippen LogP contribution in [-0.2, 0) is 11.2 Å². The maximum atomic E-state index is 12.9. The first-order chi connectivity index (χ1) is 8.25. The van der Waals surface area contributed by atoms with Gasteiger partial charge in [0.1, 0.15) is 5.82 Å². The van der Waals surface area contributed by atoms with Crippen molar-refractivity contribution in [3.05, 3.63) is 35.6 Å². The van der Waals surface area contributed by atoms with E-state index >= 15 is 0 Å². The van der Waals surface area contributed by atoms with Crippen molar-refractivity contribution in [3.63, 3.8) is 0 Å². The van der Waals surface area contributed by atoms with Crippen LogP contribution in [0.5, 0.6) is 0 Å². The zero-order valence-electron chi connectivity index (χ0n) is 9.71. The van der Waals surface area contributed by atoms with E-state index in [0.29, 0.717) is 13.0 Å². The Hall–Kier alpha value is -1.42.